The molecule has 0 saturated carbocycles. The molecule has 1 heterocycles. The van der Waals surface area contributed by atoms with E-state index in [4.69, 9.17) is 0 Å². The standard InChI is InChI=1S/C11H9N3O4/c1-8(15)17-12-6-9-4-2-3-5-10(9)14-7-11(16)18-13-14/h2-7H,1H3/p+1/b12-6+. The summed E-state index contributed by atoms with van der Waals surface area (Å²) in [6.07, 6.45) is 2.62. The fraction of sp³-hybridized carbons (Fsp3) is 0.0909. The third-order valence-electron chi connectivity index (χ3n) is 2.05. The van der Waals surface area contributed by atoms with Crippen molar-refractivity contribution in [3.63, 3.8) is 0 Å². The smallest absolute Gasteiger partial charge is 0.319 e. The van der Waals surface area contributed by atoms with Crippen LogP contribution < -0.4 is 10.3 Å². The normalized spacial score (nSPS) is 10.7. The maximum atomic E-state index is 11.0. The van der Waals surface area contributed by atoms with E-state index < -0.39 is 11.6 Å². The molecule has 92 valence electrons. The molecular formula is C11H10N3O4+. The summed E-state index contributed by atoms with van der Waals surface area (Å²) < 4.78 is 5.97. The molecule has 0 aliphatic heterocycles. The lowest BCUT2D eigenvalue weighted by atomic mass is 10.2. The highest BCUT2D eigenvalue weighted by atomic mass is 16.7. The summed E-state index contributed by atoms with van der Waals surface area (Å²) in [6.45, 7) is 1.26. The molecule has 0 radical (unpaired) electrons. The minimum Gasteiger partial charge on any atom is -0.319 e. The number of aromatic nitrogens is 2. The summed E-state index contributed by atoms with van der Waals surface area (Å²) >= 11 is 0. The van der Waals surface area contributed by atoms with Gasteiger partial charge in [0.05, 0.1) is 11.8 Å². The van der Waals surface area contributed by atoms with Crippen molar-refractivity contribution in [3.8, 4) is 5.69 Å². The largest absolute Gasteiger partial charge is 0.427 e. The van der Waals surface area contributed by atoms with E-state index in [1.54, 1.807) is 24.3 Å². The SMILES string of the molecule is CC(=O)O/N=C/c1ccccc1-[n+]1cc(=O)o[nH]1. The summed E-state index contributed by atoms with van der Waals surface area (Å²) in [7, 11) is 0. The van der Waals surface area contributed by atoms with Crippen LogP contribution in [0.25, 0.3) is 5.69 Å². The third kappa shape index (κ3) is 2.70. The van der Waals surface area contributed by atoms with Gasteiger partial charge in [0.1, 0.15) is 0 Å². The number of aromatic amines is 1. The van der Waals surface area contributed by atoms with E-state index in [-0.39, 0.29) is 0 Å². The first-order valence-corrected chi connectivity index (χ1v) is 5.07. The van der Waals surface area contributed by atoms with Crippen LogP contribution in [0.2, 0.25) is 0 Å². The Labute approximate surface area is 101 Å². The lowest BCUT2D eigenvalue weighted by Crippen LogP contribution is -2.33. The van der Waals surface area contributed by atoms with Crippen molar-refractivity contribution in [2.75, 3.05) is 0 Å². The second kappa shape index (κ2) is 5.09. The molecule has 7 nitrogen and oxygen atoms in total. The van der Waals surface area contributed by atoms with Crippen molar-refractivity contribution in [2.24, 2.45) is 5.16 Å². The van der Waals surface area contributed by atoms with Crippen LogP contribution in [0.5, 0.6) is 0 Å². The van der Waals surface area contributed by atoms with E-state index in [0.29, 0.717) is 11.3 Å². The lowest BCUT2D eigenvalue weighted by molar-refractivity contribution is -0.670. The molecule has 2 rings (SSSR count). The van der Waals surface area contributed by atoms with Crippen molar-refractivity contribution in [1.82, 2.24) is 5.27 Å². The number of nitrogens with one attached hydrogen (secondary N) is 1. The minimum absolute atomic E-state index is 0.498. The minimum atomic E-state index is -0.506. The monoisotopic (exact) mass is 248 g/mol. The molecule has 0 spiro atoms. The van der Waals surface area contributed by atoms with Crippen LogP contribution in [0.15, 0.2) is 44.9 Å². The highest BCUT2D eigenvalue weighted by molar-refractivity contribution is 5.83. The Morgan fingerprint density at radius 3 is 2.94 bits per heavy atom. The second-order valence-corrected chi connectivity index (χ2v) is 3.39. The zero-order valence-electron chi connectivity index (χ0n) is 9.49. The lowest BCUT2D eigenvalue weighted by Gasteiger charge is -1.95. The van der Waals surface area contributed by atoms with E-state index >= 15 is 0 Å². The van der Waals surface area contributed by atoms with Crippen LogP contribution in [0.1, 0.15) is 12.5 Å². The number of benzene rings is 1. The molecule has 0 saturated heterocycles. The number of rotatable bonds is 3. The van der Waals surface area contributed by atoms with Gasteiger partial charge in [-0.05, 0) is 16.0 Å². The summed E-state index contributed by atoms with van der Waals surface area (Å²) in [4.78, 5) is 26.0. The Kier molecular flexibility index (Phi) is 3.33. The number of hydrogen-bond acceptors (Lipinski definition) is 5. The predicted octanol–water partition coefficient (Wildman–Crippen LogP) is 0.142. The van der Waals surface area contributed by atoms with Crippen LogP contribution in [-0.4, -0.2) is 17.5 Å². The molecule has 0 fully saturated rings. The van der Waals surface area contributed by atoms with Gasteiger partial charge in [0.25, 0.3) is 6.20 Å². The first-order chi connectivity index (χ1) is 8.66. The fourth-order valence-electron chi connectivity index (χ4n) is 1.34. The zero-order valence-corrected chi connectivity index (χ0v) is 9.49. The molecule has 1 aromatic carbocycles. The number of hydrogen-bond donors (Lipinski definition) is 1. The number of carbonyl (C=O) groups is 1. The quantitative estimate of drug-likeness (QED) is 0.362. The Morgan fingerprint density at radius 2 is 2.28 bits per heavy atom. The maximum Gasteiger partial charge on any atom is 0.427 e. The Morgan fingerprint density at radius 1 is 1.50 bits per heavy atom. The van der Waals surface area contributed by atoms with Gasteiger partial charge in [0.15, 0.2) is 0 Å². The van der Waals surface area contributed by atoms with E-state index in [2.05, 4.69) is 19.8 Å². The first kappa shape index (κ1) is 11.8. The van der Waals surface area contributed by atoms with Gasteiger partial charge < -0.3 is 4.84 Å². The average Bonchev–Trinajstić information content (AvgIpc) is 2.76. The van der Waals surface area contributed by atoms with Gasteiger partial charge in [-0.2, -0.15) is 0 Å². The molecule has 1 aromatic heterocycles. The maximum absolute atomic E-state index is 11.0. The van der Waals surface area contributed by atoms with Crippen LogP contribution in [-0.2, 0) is 9.63 Å². The van der Waals surface area contributed by atoms with Crippen molar-refractivity contribution in [3.05, 3.63) is 46.4 Å². The molecule has 0 bridgehead atoms. The first-order valence-electron chi connectivity index (χ1n) is 5.07. The Hall–Kier alpha value is -2.70. The Balaban J connectivity index is 2.34. The van der Waals surface area contributed by atoms with Crippen molar-refractivity contribution in [1.29, 1.82) is 0 Å². The predicted molar refractivity (Wildman–Crippen MR) is 60.2 cm³/mol. The Bertz CT molecular complexity index is 641. The molecule has 0 amide bonds. The van der Waals surface area contributed by atoms with E-state index in [1.165, 1.54) is 24.0 Å². The van der Waals surface area contributed by atoms with Gasteiger partial charge in [-0.15, -0.1) is 0 Å². The highest BCUT2D eigenvalue weighted by Gasteiger charge is 2.14. The molecule has 0 aliphatic rings. The topological polar surface area (TPSA) is 88.5 Å². The molecule has 0 atom stereocenters. The molecule has 2 aromatic rings. The number of oxime groups is 1. The third-order valence-corrected chi connectivity index (χ3v) is 2.05. The van der Waals surface area contributed by atoms with Gasteiger partial charge in [0.2, 0.25) is 5.69 Å². The second-order valence-electron chi connectivity index (χ2n) is 3.39. The summed E-state index contributed by atoms with van der Waals surface area (Å²) in [5.41, 5.74) is 0.793. The summed E-state index contributed by atoms with van der Waals surface area (Å²) in [5, 5.41) is 5.94. The van der Waals surface area contributed by atoms with Gasteiger partial charge in [-0.3, -0.25) is 4.52 Å². The van der Waals surface area contributed by atoms with Crippen molar-refractivity contribution >= 4 is 12.2 Å². The molecular weight excluding hydrogens is 238 g/mol. The van der Waals surface area contributed by atoms with Gasteiger partial charge in [-0.25, -0.2) is 9.59 Å². The van der Waals surface area contributed by atoms with E-state index in [9.17, 15) is 9.59 Å². The number of para-hydroxylation sites is 1. The van der Waals surface area contributed by atoms with Crippen molar-refractivity contribution < 1.29 is 18.8 Å². The van der Waals surface area contributed by atoms with Gasteiger partial charge >= 0.3 is 11.6 Å². The molecule has 18 heavy (non-hydrogen) atoms. The summed E-state index contributed by atoms with van der Waals surface area (Å²) in [5.74, 6) is -0.506. The van der Waals surface area contributed by atoms with Crippen LogP contribution >= 0.6 is 0 Å². The molecule has 0 unspecified atom stereocenters. The van der Waals surface area contributed by atoms with Crippen molar-refractivity contribution in [2.45, 2.75) is 6.92 Å². The van der Waals surface area contributed by atoms with E-state index in [0.717, 1.165) is 0 Å². The average molecular weight is 248 g/mol. The van der Waals surface area contributed by atoms with Gasteiger partial charge in [0, 0.05) is 13.0 Å². The van der Waals surface area contributed by atoms with Crippen LogP contribution in [0.4, 0.5) is 0 Å². The van der Waals surface area contributed by atoms with Crippen LogP contribution in [0.3, 0.4) is 0 Å². The van der Waals surface area contributed by atoms with Gasteiger partial charge in [-0.1, -0.05) is 17.3 Å². The molecule has 0 aliphatic carbocycles. The van der Waals surface area contributed by atoms with E-state index in [1.807, 2.05) is 0 Å². The van der Waals surface area contributed by atoms with Crippen LogP contribution in [0, 0.1) is 0 Å². The number of H-pyrrole nitrogens is 1. The summed E-state index contributed by atoms with van der Waals surface area (Å²) in [6, 6.07) is 7.08. The number of carbonyl (C=O) groups excluding carboxylic acids is 1. The molecule has 7 heteroatoms. The number of nitrogens with zero attached hydrogens (tertiary/aromatic N) is 2. The molecule has 1 N–H and O–H groups in total. The fourth-order valence-corrected chi connectivity index (χ4v) is 1.34. The zero-order chi connectivity index (χ0) is 13.0. The highest BCUT2D eigenvalue weighted by Crippen LogP contribution is 2.04.